The summed E-state index contributed by atoms with van der Waals surface area (Å²) in [5.74, 6) is -2.74. The minimum Gasteiger partial charge on any atom is -0.478 e. The molecule has 0 saturated carbocycles. The quantitative estimate of drug-likeness (QED) is 0.296. The molecule has 0 bridgehead atoms. The molecule has 1 atom stereocenters. The molecule has 7 nitrogen and oxygen atoms in total. The van der Waals surface area contributed by atoms with Gasteiger partial charge < -0.3 is 25.3 Å². The third kappa shape index (κ3) is 5.08. The number of aliphatic carboxylic acids is 2. The van der Waals surface area contributed by atoms with Crippen molar-refractivity contribution in [3.63, 3.8) is 0 Å². The Hall–Kier alpha value is -3.75. The molecule has 3 aromatic rings. The van der Waals surface area contributed by atoms with E-state index in [4.69, 9.17) is 0 Å². The zero-order chi connectivity index (χ0) is 26.1. The summed E-state index contributed by atoms with van der Waals surface area (Å²) in [7, 11) is 2.13. The Kier molecular flexibility index (Phi) is 6.95. The largest absolute Gasteiger partial charge is 0.478 e. The second-order valence-corrected chi connectivity index (χ2v) is 10.5. The molecule has 0 spiro atoms. The van der Waals surface area contributed by atoms with Crippen LogP contribution in [0.4, 0.5) is 17.1 Å². The topological polar surface area (TPSA) is 93.1 Å². The van der Waals surface area contributed by atoms with E-state index in [2.05, 4.69) is 46.4 Å². The van der Waals surface area contributed by atoms with Crippen LogP contribution in [-0.4, -0.2) is 60.3 Å². The number of nitrogens with one attached hydrogen (secondary N) is 1. The van der Waals surface area contributed by atoms with E-state index in [9.17, 15) is 19.8 Å². The predicted molar refractivity (Wildman–Crippen MR) is 147 cm³/mol. The molecule has 1 unspecified atom stereocenters. The highest BCUT2D eigenvalue weighted by molar-refractivity contribution is 7.99. The van der Waals surface area contributed by atoms with E-state index in [1.165, 1.54) is 17.4 Å². The molecule has 5 rings (SSSR count). The van der Waals surface area contributed by atoms with Gasteiger partial charge in [0.2, 0.25) is 0 Å². The van der Waals surface area contributed by atoms with Gasteiger partial charge in [0.1, 0.15) is 0 Å². The van der Waals surface area contributed by atoms with Crippen LogP contribution in [0.25, 0.3) is 5.57 Å². The molecule has 0 amide bonds. The molecule has 0 radical (unpaired) electrons. The molecular formula is C29H29N3O4S. The van der Waals surface area contributed by atoms with Gasteiger partial charge >= 0.3 is 11.9 Å². The van der Waals surface area contributed by atoms with E-state index in [0.29, 0.717) is 11.3 Å². The van der Waals surface area contributed by atoms with Gasteiger partial charge in [0.05, 0.1) is 16.9 Å². The second-order valence-electron chi connectivity index (χ2n) is 9.43. The fraction of sp³-hybridized carbons (Fsp3) is 0.241. The Balaban J connectivity index is 1.56. The Labute approximate surface area is 220 Å². The van der Waals surface area contributed by atoms with Crippen LogP contribution in [0.15, 0.2) is 76.5 Å². The number of anilines is 3. The maximum absolute atomic E-state index is 12.3. The summed E-state index contributed by atoms with van der Waals surface area (Å²) in [6.45, 7) is 6.04. The van der Waals surface area contributed by atoms with Crippen LogP contribution in [0.1, 0.15) is 29.5 Å². The lowest BCUT2D eigenvalue weighted by Gasteiger charge is -2.34. The first-order valence-corrected chi connectivity index (χ1v) is 13.1. The highest BCUT2D eigenvalue weighted by Crippen LogP contribution is 2.49. The van der Waals surface area contributed by atoms with Crippen LogP contribution in [0.5, 0.6) is 0 Å². The average Bonchev–Trinajstić information content (AvgIpc) is 2.90. The van der Waals surface area contributed by atoms with Crippen LogP contribution in [-0.2, 0) is 9.59 Å². The molecule has 0 aromatic heterocycles. The van der Waals surface area contributed by atoms with Gasteiger partial charge in [-0.05, 0) is 48.5 Å². The van der Waals surface area contributed by atoms with E-state index < -0.39 is 11.9 Å². The maximum atomic E-state index is 12.3. The Morgan fingerprint density at radius 1 is 0.946 bits per heavy atom. The van der Waals surface area contributed by atoms with Crippen molar-refractivity contribution in [3.8, 4) is 0 Å². The van der Waals surface area contributed by atoms with Crippen molar-refractivity contribution in [1.29, 1.82) is 0 Å². The second kappa shape index (κ2) is 10.3. The minimum atomic E-state index is -1.30. The number of fused-ring (bicyclic) bond motifs is 2. The highest BCUT2D eigenvalue weighted by atomic mass is 32.2. The van der Waals surface area contributed by atoms with Gasteiger partial charge in [-0.25, -0.2) is 9.59 Å². The minimum absolute atomic E-state index is 0.164. The lowest BCUT2D eigenvalue weighted by atomic mass is 9.85. The molecule has 2 heterocycles. The molecular weight excluding hydrogens is 486 g/mol. The zero-order valence-corrected chi connectivity index (χ0v) is 21.6. The molecule has 2 aliphatic heterocycles. The average molecular weight is 516 g/mol. The van der Waals surface area contributed by atoms with Crippen molar-refractivity contribution in [2.45, 2.75) is 22.6 Å². The van der Waals surface area contributed by atoms with Gasteiger partial charge in [0.25, 0.3) is 0 Å². The van der Waals surface area contributed by atoms with Gasteiger partial charge in [-0.15, -0.1) is 0 Å². The van der Waals surface area contributed by atoms with Crippen molar-refractivity contribution in [2.75, 3.05) is 43.4 Å². The fourth-order valence-electron chi connectivity index (χ4n) is 4.95. The number of carboxylic acids is 2. The fourth-order valence-corrected chi connectivity index (χ4v) is 5.96. The number of hydrogen-bond acceptors (Lipinski definition) is 6. The Morgan fingerprint density at radius 3 is 2.32 bits per heavy atom. The SMILES string of the molecule is CC(c1ccc(N2CCN(C)CC2)cc1)c1ccc2c(c1/C(=C/C(=O)O)C(=O)O)Nc1ccccc1S2. The summed E-state index contributed by atoms with van der Waals surface area (Å²) in [5, 5.41) is 23.0. The highest BCUT2D eigenvalue weighted by Gasteiger charge is 2.28. The smallest absolute Gasteiger partial charge is 0.336 e. The summed E-state index contributed by atoms with van der Waals surface area (Å²) >= 11 is 1.54. The van der Waals surface area contributed by atoms with Crippen LogP contribution < -0.4 is 10.2 Å². The summed E-state index contributed by atoms with van der Waals surface area (Å²) in [4.78, 5) is 30.6. The van der Waals surface area contributed by atoms with Crippen LogP contribution in [0.3, 0.4) is 0 Å². The zero-order valence-electron chi connectivity index (χ0n) is 20.8. The van der Waals surface area contributed by atoms with E-state index in [1.807, 2.05) is 43.3 Å². The molecule has 190 valence electrons. The lowest BCUT2D eigenvalue weighted by Crippen LogP contribution is -2.44. The van der Waals surface area contributed by atoms with E-state index in [0.717, 1.165) is 58.9 Å². The third-order valence-electron chi connectivity index (χ3n) is 7.06. The van der Waals surface area contributed by atoms with Crippen molar-refractivity contribution in [2.24, 2.45) is 0 Å². The van der Waals surface area contributed by atoms with Crippen molar-refractivity contribution in [1.82, 2.24) is 4.90 Å². The van der Waals surface area contributed by atoms with Crippen molar-refractivity contribution in [3.05, 3.63) is 83.4 Å². The first kappa shape index (κ1) is 24.9. The summed E-state index contributed by atoms with van der Waals surface area (Å²) in [6.07, 6.45) is 0.789. The molecule has 3 N–H and O–H groups in total. The number of nitrogens with zero attached hydrogens (tertiary/aromatic N) is 2. The van der Waals surface area contributed by atoms with Crippen molar-refractivity contribution >= 4 is 46.3 Å². The van der Waals surface area contributed by atoms with Gasteiger partial charge in [-0.2, -0.15) is 0 Å². The number of benzene rings is 3. The number of para-hydroxylation sites is 1. The number of piperazine rings is 1. The van der Waals surface area contributed by atoms with Crippen LogP contribution >= 0.6 is 11.8 Å². The first-order chi connectivity index (χ1) is 17.8. The Morgan fingerprint density at radius 2 is 1.65 bits per heavy atom. The lowest BCUT2D eigenvalue weighted by molar-refractivity contribution is -0.133. The third-order valence-corrected chi connectivity index (χ3v) is 8.20. The standard InChI is InChI=1S/C29H29N3O4S/c1-18(19-7-9-20(10-8-19)32-15-13-31(2)14-16-32)21-11-12-25-28(27(21)22(29(35)36)17-26(33)34)30-23-5-3-4-6-24(23)37-25/h3-12,17-18,30H,13-16H2,1-2H3,(H,33,34)(H,35,36)/b22-17-. The number of carboxylic acid groups (broad SMARTS) is 2. The van der Waals surface area contributed by atoms with Gasteiger partial charge in [0, 0.05) is 59.2 Å². The van der Waals surface area contributed by atoms with Crippen LogP contribution in [0.2, 0.25) is 0 Å². The molecule has 37 heavy (non-hydrogen) atoms. The molecule has 2 aliphatic rings. The maximum Gasteiger partial charge on any atom is 0.336 e. The molecule has 1 fully saturated rings. The number of hydrogen-bond donors (Lipinski definition) is 3. The molecule has 3 aromatic carbocycles. The van der Waals surface area contributed by atoms with E-state index >= 15 is 0 Å². The number of likely N-dealkylation sites (N-methyl/N-ethyl adjacent to an activating group) is 1. The van der Waals surface area contributed by atoms with E-state index in [1.54, 1.807) is 0 Å². The number of carbonyl (C=O) groups is 2. The molecule has 1 saturated heterocycles. The monoisotopic (exact) mass is 515 g/mol. The first-order valence-electron chi connectivity index (χ1n) is 12.2. The van der Waals surface area contributed by atoms with Crippen molar-refractivity contribution < 1.29 is 19.8 Å². The van der Waals surface area contributed by atoms with Gasteiger partial charge in [0.15, 0.2) is 0 Å². The summed E-state index contributed by atoms with van der Waals surface area (Å²) in [6, 6.07) is 20.1. The molecule has 0 aliphatic carbocycles. The van der Waals surface area contributed by atoms with E-state index in [-0.39, 0.29) is 11.5 Å². The normalized spacial score (nSPS) is 16.4. The van der Waals surface area contributed by atoms with Gasteiger partial charge in [-0.1, -0.05) is 49.0 Å². The van der Waals surface area contributed by atoms with Crippen LogP contribution in [0, 0.1) is 0 Å². The predicted octanol–water partition coefficient (Wildman–Crippen LogP) is 5.35. The Bertz CT molecular complexity index is 1380. The number of rotatable bonds is 6. The summed E-state index contributed by atoms with van der Waals surface area (Å²) in [5.41, 5.74) is 4.61. The molecule has 8 heteroatoms. The summed E-state index contributed by atoms with van der Waals surface area (Å²) < 4.78 is 0. The van der Waals surface area contributed by atoms with Gasteiger partial charge in [-0.3, -0.25) is 0 Å².